The van der Waals surface area contributed by atoms with Gasteiger partial charge in [-0.3, -0.25) is 14.6 Å². The molecule has 3 atom stereocenters. The number of aliphatic hydroxyl groups excluding tert-OH is 2. The second kappa shape index (κ2) is 9.15. The highest BCUT2D eigenvalue weighted by Crippen LogP contribution is 2.28. The van der Waals surface area contributed by atoms with Gasteiger partial charge < -0.3 is 26.2 Å². The van der Waals surface area contributed by atoms with Gasteiger partial charge >= 0.3 is 6.18 Å². The largest absolute Gasteiger partial charge is 0.434 e. The van der Waals surface area contributed by atoms with E-state index in [-0.39, 0.29) is 37.7 Å². The van der Waals surface area contributed by atoms with Crippen molar-refractivity contribution in [2.75, 3.05) is 18.4 Å². The quantitative estimate of drug-likeness (QED) is 0.464. The Kier molecular flexibility index (Phi) is 7.13. The number of nitrogens with two attached hydrogens (primary N) is 1. The Bertz CT molecular complexity index is 703. The second-order valence-electron chi connectivity index (χ2n) is 6.57. The molecular weight excluding hydrogens is 383 g/mol. The molecule has 1 aliphatic heterocycles. The van der Waals surface area contributed by atoms with Gasteiger partial charge in [0.1, 0.15) is 11.9 Å². The van der Waals surface area contributed by atoms with Crippen molar-refractivity contribution in [1.29, 1.82) is 0 Å². The molecule has 2 heterocycles. The summed E-state index contributed by atoms with van der Waals surface area (Å²) in [6, 6.07) is -0.934. The molecule has 2 rings (SSSR count). The molecule has 0 bridgehead atoms. The summed E-state index contributed by atoms with van der Waals surface area (Å²) in [6.07, 6.45) is -4.50. The lowest BCUT2D eigenvalue weighted by atomic mass is 9.98. The van der Waals surface area contributed by atoms with Gasteiger partial charge in [-0.15, -0.1) is 0 Å². The molecule has 9 nitrogen and oxygen atoms in total. The first-order valence-electron chi connectivity index (χ1n) is 8.66. The van der Waals surface area contributed by atoms with Gasteiger partial charge in [-0.2, -0.15) is 13.2 Å². The zero-order valence-electron chi connectivity index (χ0n) is 14.9. The minimum absolute atomic E-state index is 0.0369. The molecule has 0 spiro atoms. The first-order valence-corrected chi connectivity index (χ1v) is 8.66. The number of β-amino-alcohol motifs (C(OH)–C–C–N with tert-alkyl or cyclic N) is 1. The summed E-state index contributed by atoms with van der Waals surface area (Å²) >= 11 is 0. The average Bonchev–Trinajstić information content (AvgIpc) is 2.61. The van der Waals surface area contributed by atoms with Gasteiger partial charge in [-0.1, -0.05) is 0 Å². The molecule has 0 aliphatic carbocycles. The fourth-order valence-electron chi connectivity index (χ4n) is 2.85. The van der Waals surface area contributed by atoms with Crippen LogP contribution in [0.4, 0.5) is 19.0 Å². The summed E-state index contributed by atoms with van der Waals surface area (Å²) < 4.78 is 38.2. The fourth-order valence-corrected chi connectivity index (χ4v) is 2.85. The number of nitrogens with one attached hydrogen (secondary N) is 1. The van der Waals surface area contributed by atoms with Crippen LogP contribution in [-0.2, 0) is 15.8 Å². The van der Waals surface area contributed by atoms with E-state index >= 15 is 0 Å². The van der Waals surface area contributed by atoms with Gasteiger partial charge in [0.2, 0.25) is 11.8 Å². The van der Waals surface area contributed by atoms with Gasteiger partial charge in [-0.25, -0.2) is 4.98 Å². The van der Waals surface area contributed by atoms with E-state index in [0.29, 0.717) is 19.0 Å². The molecule has 156 valence electrons. The molecule has 0 aromatic carbocycles. The molecule has 0 unspecified atom stereocenters. The van der Waals surface area contributed by atoms with Gasteiger partial charge in [-0.05, 0) is 12.8 Å². The van der Waals surface area contributed by atoms with E-state index < -0.39 is 36.0 Å². The zero-order valence-corrected chi connectivity index (χ0v) is 14.9. The highest BCUT2D eigenvalue weighted by molar-refractivity contribution is 5.77. The number of halogens is 3. The number of piperidine rings is 1. The number of anilines is 1. The predicted molar refractivity (Wildman–Crippen MR) is 90.7 cm³/mol. The van der Waals surface area contributed by atoms with Crippen molar-refractivity contribution in [2.45, 2.75) is 50.1 Å². The van der Waals surface area contributed by atoms with Crippen LogP contribution in [0.1, 0.15) is 31.4 Å². The van der Waals surface area contributed by atoms with Crippen LogP contribution in [0.15, 0.2) is 12.4 Å². The maximum atomic E-state index is 12.7. The topological polar surface area (TPSA) is 142 Å². The minimum Gasteiger partial charge on any atom is -0.388 e. The number of primary amides is 1. The van der Waals surface area contributed by atoms with Gasteiger partial charge in [0.25, 0.3) is 0 Å². The molecule has 1 fully saturated rings. The number of nitrogens with zero attached hydrogens (tertiary/aromatic N) is 3. The van der Waals surface area contributed by atoms with E-state index in [0.717, 1.165) is 6.20 Å². The summed E-state index contributed by atoms with van der Waals surface area (Å²) in [7, 11) is 0. The Labute approximate surface area is 158 Å². The van der Waals surface area contributed by atoms with Crippen LogP contribution >= 0.6 is 0 Å². The van der Waals surface area contributed by atoms with Crippen LogP contribution in [0.2, 0.25) is 0 Å². The number of aliphatic hydroxyl groups is 2. The average molecular weight is 405 g/mol. The van der Waals surface area contributed by atoms with Crippen molar-refractivity contribution < 1.29 is 33.0 Å². The smallest absolute Gasteiger partial charge is 0.388 e. The van der Waals surface area contributed by atoms with E-state index in [1.165, 1.54) is 4.90 Å². The molecule has 28 heavy (non-hydrogen) atoms. The molecule has 1 aliphatic rings. The first-order chi connectivity index (χ1) is 13.1. The van der Waals surface area contributed by atoms with Crippen molar-refractivity contribution in [3.8, 4) is 0 Å². The highest BCUT2D eigenvalue weighted by Gasteiger charge is 2.37. The minimum atomic E-state index is -4.68. The lowest BCUT2D eigenvalue weighted by molar-refractivity contribution is -0.141. The number of likely N-dealkylation sites (tertiary alicyclic amines) is 1. The van der Waals surface area contributed by atoms with Crippen LogP contribution in [-0.4, -0.2) is 68.2 Å². The molecule has 2 amide bonds. The van der Waals surface area contributed by atoms with E-state index in [4.69, 9.17) is 5.73 Å². The Morgan fingerprint density at radius 1 is 1.21 bits per heavy atom. The number of unbranched alkanes of at least 4 members (excludes halogenated alkanes) is 1. The lowest BCUT2D eigenvalue weighted by Crippen LogP contribution is -2.59. The summed E-state index contributed by atoms with van der Waals surface area (Å²) in [4.78, 5) is 31.2. The molecule has 1 aromatic heterocycles. The van der Waals surface area contributed by atoms with Crippen molar-refractivity contribution in [3.63, 3.8) is 0 Å². The SMILES string of the molecule is NC(=O)CCCCC(=O)N1C[C@H](Nc2cncc(C(F)(F)F)n2)[C@@H](O)[C@@H](O)C1. The summed E-state index contributed by atoms with van der Waals surface area (Å²) in [6.45, 7) is -0.146. The third-order valence-electron chi connectivity index (χ3n) is 4.31. The van der Waals surface area contributed by atoms with Crippen LogP contribution in [0, 0.1) is 0 Å². The Morgan fingerprint density at radius 3 is 2.54 bits per heavy atom. The lowest BCUT2D eigenvalue weighted by Gasteiger charge is -2.39. The third-order valence-corrected chi connectivity index (χ3v) is 4.31. The predicted octanol–water partition coefficient (Wildman–Crippen LogP) is -0.114. The maximum Gasteiger partial charge on any atom is 0.434 e. The van der Waals surface area contributed by atoms with Crippen molar-refractivity contribution >= 4 is 17.6 Å². The van der Waals surface area contributed by atoms with E-state index in [2.05, 4.69) is 15.3 Å². The normalized spacial score (nSPS) is 22.8. The van der Waals surface area contributed by atoms with Crippen LogP contribution in [0.3, 0.4) is 0 Å². The van der Waals surface area contributed by atoms with E-state index in [1.54, 1.807) is 0 Å². The van der Waals surface area contributed by atoms with Crippen LogP contribution in [0.5, 0.6) is 0 Å². The highest BCUT2D eigenvalue weighted by atomic mass is 19.4. The molecule has 0 saturated carbocycles. The number of rotatable bonds is 7. The van der Waals surface area contributed by atoms with Crippen LogP contribution in [0.25, 0.3) is 0 Å². The number of amides is 2. The molecular formula is C16H22F3N5O4. The first kappa shape index (κ1) is 21.8. The molecule has 1 aromatic rings. The molecule has 12 heteroatoms. The van der Waals surface area contributed by atoms with Gasteiger partial charge in [0, 0.05) is 25.9 Å². The Hall–Kier alpha value is -2.47. The number of hydrogen-bond donors (Lipinski definition) is 4. The Morgan fingerprint density at radius 2 is 1.89 bits per heavy atom. The third kappa shape index (κ3) is 6.02. The van der Waals surface area contributed by atoms with Gasteiger partial charge in [0.15, 0.2) is 5.69 Å². The Balaban J connectivity index is 2.00. The number of alkyl halides is 3. The molecule has 5 N–H and O–H groups in total. The monoisotopic (exact) mass is 405 g/mol. The fraction of sp³-hybridized carbons (Fsp3) is 0.625. The summed E-state index contributed by atoms with van der Waals surface area (Å²) in [5.41, 5.74) is 3.83. The van der Waals surface area contributed by atoms with Gasteiger partial charge in [0.05, 0.1) is 24.5 Å². The second-order valence-corrected chi connectivity index (χ2v) is 6.57. The van der Waals surface area contributed by atoms with Crippen molar-refractivity contribution in [2.24, 2.45) is 5.73 Å². The number of aromatic nitrogens is 2. The number of hydrogen-bond acceptors (Lipinski definition) is 7. The summed E-state index contributed by atoms with van der Waals surface area (Å²) in [5.74, 6) is -1.00. The van der Waals surface area contributed by atoms with Crippen molar-refractivity contribution in [1.82, 2.24) is 14.9 Å². The molecule has 0 radical (unpaired) electrons. The van der Waals surface area contributed by atoms with Crippen LogP contribution < -0.4 is 11.1 Å². The van der Waals surface area contributed by atoms with E-state index in [9.17, 15) is 33.0 Å². The molecule has 1 saturated heterocycles. The van der Waals surface area contributed by atoms with E-state index in [1.807, 2.05) is 0 Å². The standard InChI is InChI=1S/C16H22F3N5O4/c17-16(18,19)11-5-21-6-13(23-11)22-9-7-24(8-10(25)15(9)28)14(27)4-2-1-3-12(20)26/h5-6,9-10,15,25,28H,1-4,7-8H2,(H2,20,26)(H,22,23)/t9-,10-,15+/m0/s1. The zero-order chi connectivity index (χ0) is 20.9. The number of carbonyl (C=O) groups excluding carboxylic acids is 2. The van der Waals surface area contributed by atoms with Crippen molar-refractivity contribution in [3.05, 3.63) is 18.1 Å². The number of carbonyl (C=O) groups is 2. The maximum absolute atomic E-state index is 12.7. The summed E-state index contributed by atoms with van der Waals surface area (Å²) in [5, 5.41) is 22.7.